The van der Waals surface area contributed by atoms with Crippen LogP contribution in [0.2, 0.25) is 0 Å². The van der Waals surface area contributed by atoms with Crippen LogP contribution in [0.15, 0.2) is 30.4 Å². The lowest BCUT2D eigenvalue weighted by Crippen LogP contribution is -2.44. The van der Waals surface area contributed by atoms with Gasteiger partial charge >= 0.3 is 5.97 Å². The smallest absolute Gasteiger partial charge is 0.329 e. The van der Waals surface area contributed by atoms with E-state index in [1.54, 1.807) is 6.07 Å². The third-order valence-corrected chi connectivity index (χ3v) is 4.87. The van der Waals surface area contributed by atoms with E-state index in [1.165, 1.54) is 26.2 Å². The molecule has 6 nitrogen and oxygen atoms in total. The second kappa shape index (κ2) is 7.27. The predicted molar refractivity (Wildman–Crippen MR) is 89.4 cm³/mol. The highest BCUT2D eigenvalue weighted by Gasteiger charge is 2.50. The lowest BCUT2D eigenvalue weighted by Gasteiger charge is -2.21. The van der Waals surface area contributed by atoms with Crippen LogP contribution in [0.4, 0.5) is 4.39 Å². The Balaban J connectivity index is 1.64. The van der Waals surface area contributed by atoms with Crippen LogP contribution in [0.5, 0.6) is 5.75 Å². The Morgan fingerprint density at radius 2 is 1.85 bits per heavy atom. The number of rotatable bonds is 5. The highest BCUT2D eigenvalue weighted by molar-refractivity contribution is 6.08. The summed E-state index contributed by atoms with van der Waals surface area (Å²) in [7, 11) is 1.36. The summed E-state index contributed by atoms with van der Waals surface area (Å²) in [5, 5.41) is 0. The number of benzene rings is 1. The highest BCUT2D eigenvalue weighted by Crippen LogP contribution is 2.36. The number of nitrogens with zero attached hydrogens (tertiary/aromatic N) is 1. The van der Waals surface area contributed by atoms with Gasteiger partial charge < -0.3 is 9.47 Å². The number of methoxy groups -OCH3 is 1. The Morgan fingerprint density at radius 1 is 1.23 bits per heavy atom. The second-order valence-electron chi connectivity index (χ2n) is 6.45. The summed E-state index contributed by atoms with van der Waals surface area (Å²) in [6, 6.07) is 3.21. The van der Waals surface area contributed by atoms with Gasteiger partial charge in [-0.3, -0.25) is 14.5 Å². The first-order valence-electron chi connectivity index (χ1n) is 8.45. The number of carbonyl (C=O) groups is 3. The molecule has 26 heavy (non-hydrogen) atoms. The number of imide groups is 1. The van der Waals surface area contributed by atoms with Crippen LogP contribution in [0, 0.1) is 17.7 Å². The first kappa shape index (κ1) is 18.1. The molecule has 2 amide bonds. The molecule has 138 valence electrons. The summed E-state index contributed by atoms with van der Waals surface area (Å²) in [4.78, 5) is 38.3. The van der Waals surface area contributed by atoms with E-state index in [4.69, 9.17) is 9.47 Å². The zero-order valence-corrected chi connectivity index (χ0v) is 14.6. The maximum atomic E-state index is 13.7. The van der Waals surface area contributed by atoms with Gasteiger partial charge in [-0.05, 0) is 37.5 Å². The van der Waals surface area contributed by atoms with Crippen molar-refractivity contribution in [2.24, 2.45) is 11.8 Å². The third kappa shape index (κ3) is 3.21. The zero-order valence-electron chi connectivity index (χ0n) is 14.6. The van der Waals surface area contributed by atoms with Crippen molar-refractivity contribution in [2.45, 2.75) is 32.4 Å². The maximum Gasteiger partial charge on any atom is 0.329 e. The van der Waals surface area contributed by atoms with Gasteiger partial charge in [0.2, 0.25) is 11.8 Å². The molecule has 1 fully saturated rings. The lowest BCUT2D eigenvalue weighted by molar-refractivity contribution is -0.159. The number of allylic oxidation sites excluding steroid dienone is 2. The van der Waals surface area contributed by atoms with Crippen LogP contribution in [0.25, 0.3) is 0 Å². The van der Waals surface area contributed by atoms with Gasteiger partial charge in [0.05, 0.1) is 18.9 Å². The molecule has 0 aromatic heterocycles. The average molecular weight is 361 g/mol. The molecule has 1 heterocycles. The molecule has 0 radical (unpaired) electrons. The first-order valence-corrected chi connectivity index (χ1v) is 8.45. The van der Waals surface area contributed by atoms with Crippen molar-refractivity contribution in [3.8, 4) is 5.75 Å². The van der Waals surface area contributed by atoms with Crippen molar-refractivity contribution < 1.29 is 28.2 Å². The minimum atomic E-state index is -1.01. The number of hydrogen-bond acceptors (Lipinski definition) is 5. The molecule has 1 aromatic carbocycles. The molecule has 0 spiro atoms. The normalized spacial score (nSPS) is 23.0. The van der Waals surface area contributed by atoms with Crippen molar-refractivity contribution in [3.05, 3.63) is 41.7 Å². The fourth-order valence-corrected chi connectivity index (χ4v) is 3.39. The van der Waals surface area contributed by atoms with Crippen LogP contribution in [0.3, 0.4) is 0 Å². The summed E-state index contributed by atoms with van der Waals surface area (Å²) in [6.07, 6.45) is 4.80. The molecule has 0 bridgehead atoms. The molecular weight excluding hydrogens is 341 g/mol. The summed E-state index contributed by atoms with van der Waals surface area (Å²) >= 11 is 0. The van der Waals surface area contributed by atoms with Crippen LogP contribution in [0.1, 0.15) is 25.3 Å². The molecule has 0 N–H and O–H groups in total. The van der Waals surface area contributed by atoms with Gasteiger partial charge in [0.15, 0.2) is 11.6 Å². The van der Waals surface area contributed by atoms with Crippen molar-refractivity contribution in [1.29, 1.82) is 0 Å². The molecule has 3 rings (SSSR count). The fraction of sp³-hybridized carbons (Fsp3) is 0.421. The molecule has 0 saturated carbocycles. The topological polar surface area (TPSA) is 72.9 Å². The van der Waals surface area contributed by atoms with Crippen LogP contribution in [-0.2, 0) is 25.7 Å². The Bertz CT molecular complexity index is 749. The summed E-state index contributed by atoms with van der Waals surface area (Å²) < 4.78 is 23.7. The van der Waals surface area contributed by atoms with Gasteiger partial charge in [-0.1, -0.05) is 18.2 Å². The molecule has 3 atom stereocenters. The van der Waals surface area contributed by atoms with Gasteiger partial charge in [-0.2, -0.15) is 0 Å². The number of hydrogen-bond donors (Lipinski definition) is 0. The highest BCUT2D eigenvalue weighted by atomic mass is 19.1. The number of ether oxygens (including phenoxy) is 2. The van der Waals surface area contributed by atoms with Gasteiger partial charge in [-0.25, -0.2) is 9.18 Å². The second-order valence-corrected chi connectivity index (χ2v) is 6.45. The number of carbonyl (C=O) groups excluding carboxylic acids is 3. The standard InChI is InChI=1S/C19H20FNO5/c1-11(21-17(22)13-5-3-4-6-14(13)18(21)23)19(24)26-10-12-7-8-16(25-2)15(20)9-12/h3-4,7-9,11,13-14H,5-6,10H2,1-2H3/t11-,13+,14+/m0/s1. The van der Waals surface area contributed by atoms with E-state index < -0.39 is 29.7 Å². The van der Waals surface area contributed by atoms with Crippen molar-refractivity contribution in [3.63, 3.8) is 0 Å². The molecular formula is C19H20FNO5. The molecule has 1 saturated heterocycles. The Hall–Kier alpha value is -2.70. The van der Waals surface area contributed by atoms with E-state index >= 15 is 0 Å². The number of amides is 2. The van der Waals surface area contributed by atoms with Gasteiger partial charge in [0, 0.05) is 0 Å². The summed E-state index contributed by atoms with van der Waals surface area (Å²) in [5.74, 6) is -2.60. The van der Waals surface area contributed by atoms with Gasteiger partial charge in [0.1, 0.15) is 12.6 Å². The van der Waals surface area contributed by atoms with E-state index in [0.29, 0.717) is 18.4 Å². The monoisotopic (exact) mass is 361 g/mol. The largest absolute Gasteiger partial charge is 0.494 e. The van der Waals surface area contributed by atoms with Crippen LogP contribution >= 0.6 is 0 Å². The number of esters is 1. The number of fused-ring (bicyclic) bond motifs is 1. The average Bonchev–Trinajstić information content (AvgIpc) is 2.90. The maximum absolute atomic E-state index is 13.7. The quantitative estimate of drug-likeness (QED) is 0.457. The Morgan fingerprint density at radius 3 is 2.38 bits per heavy atom. The Labute approximate surface area is 150 Å². The molecule has 1 aliphatic carbocycles. The summed E-state index contributed by atoms with van der Waals surface area (Å²) in [6.45, 7) is 1.31. The zero-order chi connectivity index (χ0) is 18.8. The SMILES string of the molecule is COc1ccc(COC(=O)[C@H](C)N2C(=O)[C@@H]3CC=CC[C@H]3C2=O)cc1F. The predicted octanol–water partition coefficient (Wildman–Crippen LogP) is 2.22. The molecule has 1 aliphatic heterocycles. The fourth-order valence-electron chi connectivity index (χ4n) is 3.39. The molecule has 2 aliphatic rings. The van der Waals surface area contributed by atoms with Crippen molar-refractivity contribution >= 4 is 17.8 Å². The first-order chi connectivity index (χ1) is 12.4. The van der Waals surface area contributed by atoms with Crippen LogP contribution in [-0.4, -0.2) is 35.8 Å². The van der Waals surface area contributed by atoms with Crippen molar-refractivity contribution in [1.82, 2.24) is 4.90 Å². The van der Waals surface area contributed by atoms with Crippen molar-refractivity contribution in [2.75, 3.05) is 7.11 Å². The summed E-state index contributed by atoms with van der Waals surface area (Å²) in [5.41, 5.74) is 0.445. The van der Waals surface area contributed by atoms with E-state index in [-0.39, 0.29) is 24.2 Å². The van der Waals surface area contributed by atoms with Gasteiger partial charge in [0.25, 0.3) is 0 Å². The molecule has 7 heteroatoms. The van der Waals surface area contributed by atoms with Gasteiger partial charge in [-0.15, -0.1) is 0 Å². The number of halogens is 1. The van der Waals surface area contributed by atoms with E-state index in [2.05, 4.69) is 0 Å². The van der Waals surface area contributed by atoms with E-state index in [9.17, 15) is 18.8 Å². The Kier molecular flexibility index (Phi) is 5.06. The van der Waals surface area contributed by atoms with E-state index in [0.717, 1.165) is 4.90 Å². The lowest BCUT2D eigenvalue weighted by atomic mass is 9.85. The number of likely N-dealkylation sites (tertiary alicyclic amines) is 1. The minimum absolute atomic E-state index is 0.0953. The molecule has 0 unspecified atom stereocenters. The van der Waals surface area contributed by atoms with E-state index in [1.807, 2.05) is 12.2 Å². The van der Waals surface area contributed by atoms with Crippen LogP contribution < -0.4 is 4.74 Å². The minimum Gasteiger partial charge on any atom is -0.494 e. The third-order valence-electron chi connectivity index (χ3n) is 4.87. The molecule has 1 aromatic rings.